The highest BCUT2D eigenvalue weighted by Crippen LogP contribution is 2.19. The van der Waals surface area contributed by atoms with Gasteiger partial charge < -0.3 is 5.32 Å². The van der Waals surface area contributed by atoms with Gasteiger partial charge in [0.15, 0.2) is 0 Å². The molecule has 1 N–H and O–H groups in total. The maximum Gasteiger partial charge on any atom is 0.267 e. The van der Waals surface area contributed by atoms with E-state index in [1.165, 1.54) is 11.3 Å². The highest BCUT2D eigenvalue weighted by molar-refractivity contribution is 7.12. The van der Waals surface area contributed by atoms with Crippen LogP contribution in [0.4, 0.5) is 5.69 Å². The number of benzene rings is 1. The summed E-state index contributed by atoms with van der Waals surface area (Å²) >= 11 is 1.30. The van der Waals surface area contributed by atoms with Crippen LogP contribution in [0.25, 0.3) is 0 Å². The molecule has 18 heavy (non-hydrogen) atoms. The molecule has 0 spiro atoms. The number of nitrogens with zero attached hydrogens (tertiary/aromatic N) is 2. The summed E-state index contributed by atoms with van der Waals surface area (Å²) in [5.74, 6) is -0.187. The number of hydrogen-bond donors (Lipinski definition) is 1. The molecule has 0 saturated carbocycles. The molecule has 1 amide bonds. The van der Waals surface area contributed by atoms with Crippen LogP contribution in [0.5, 0.6) is 0 Å². The van der Waals surface area contributed by atoms with Crippen molar-refractivity contribution in [3.05, 3.63) is 45.4 Å². The Balaban J connectivity index is 2.27. The number of anilines is 1. The Morgan fingerprint density at radius 1 is 1.44 bits per heavy atom. The molecule has 0 aliphatic heterocycles. The van der Waals surface area contributed by atoms with Gasteiger partial charge in [-0.2, -0.15) is 5.26 Å². The molecule has 0 unspecified atom stereocenters. The molecule has 4 nitrogen and oxygen atoms in total. The van der Waals surface area contributed by atoms with Crippen molar-refractivity contribution in [1.29, 1.82) is 5.26 Å². The largest absolute Gasteiger partial charge is 0.321 e. The summed E-state index contributed by atoms with van der Waals surface area (Å²) in [7, 11) is 0. The molecule has 0 atom stereocenters. The minimum absolute atomic E-state index is 0.187. The lowest BCUT2D eigenvalue weighted by Crippen LogP contribution is -2.12. The molecule has 0 radical (unpaired) electrons. The molecule has 1 aromatic carbocycles. The topological polar surface area (TPSA) is 65.8 Å². The molecule has 0 saturated heterocycles. The number of amides is 1. The number of thiazole rings is 1. The molecular weight excluding hydrogens is 246 g/mol. The second-order valence-corrected chi connectivity index (χ2v) is 4.72. The number of carbonyl (C=O) groups is 1. The van der Waals surface area contributed by atoms with E-state index in [-0.39, 0.29) is 5.91 Å². The van der Waals surface area contributed by atoms with Gasteiger partial charge in [-0.25, -0.2) is 4.98 Å². The number of aryl methyl sites for hydroxylation is 2. The van der Waals surface area contributed by atoms with Crippen molar-refractivity contribution in [2.75, 3.05) is 5.32 Å². The van der Waals surface area contributed by atoms with Crippen LogP contribution >= 0.6 is 11.3 Å². The molecule has 2 aromatic rings. The minimum atomic E-state index is -0.187. The molecular formula is C13H11N3OS. The van der Waals surface area contributed by atoms with Crippen LogP contribution in [0.3, 0.4) is 0 Å². The van der Waals surface area contributed by atoms with Crippen LogP contribution < -0.4 is 5.32 Å². The molecule has 0 bridgehead atoms. The third-order valence-corrected chi connectivity index (χ3v) is 3.49. The second kappa shape index (κ2) is 4.98. The summed E-state index contributed by atoms with van der Waals surface area (Å²) in [6.45, 7) is 3.68. The zero-order valence-electron chi connectivity index (χ0n) is 10.0. The Bertz CT molecular complexity index is 640. The van der Waals surface area contributed by atoms with Gasteiger partial charge in [-0.15, -0.1) is 11.3 Å². The monoisotopic (exact) mass is 257 g/mol. The summed E-state index contributed by atoms with van der Waals surface area (Å²) in [6.07, 6.45) is 0. The van der Waals surface area contributed by atoms with Crippen molar-refractivity contribution in [2.45, 2.75) is 13.8 Å². The maximum absolute atomic E-state index is 12.0. The van der Waals surface area contributed by atoms with Crippen LogP contribution in [-0.4, -0.2) is 10.9 Å². The molecule has 0 fully saturated rings. The minimum Gasteiger partial charge on any atom is -0.321 e. The highest BCUT2D eigenvalue weighted by atomic mass is 32.1. The number of rotatable bonds is 2. The first-order valence-corrected chi connectivity index (χ1v) is 6.22. The summed E-state index contributed by atoms with van der Waals surface area (Å²) in [5.41, 5.74) is 4.46. The van der Waals surface area contributed by atoms with E-state index in [1.54, 1.807) is 24.6 Å². The lowest BCUT2D eigenvalue weighted by atomic mass is 10.1. The molecule has 90 valence electrons. The van der Waals surface area contributed by atoms with Crippen LogP contribution in [-0.2, 0) is 0 Å². The van der Waals surface area contributed by atoms with E-state index in [2.05, 4.69) is 16.4 Å². The Hall–Kier alpha value is -2.19. The van der Waals surface area contributed by atoms with Crippen molar-refractivity contribution in [3.8, 4) is 6.07 Å². The van der Waals surface area contributed by atoms with Gasteiger partial charge in [-0.3, -0.25) is 4.79 Å². The first kappa shape index (κ1) is 12.3. The summed E-state index contributed by atoms with van der Waals surface area (Å²) in [5, 5.41) is 11.7. The fourth-order valence-electron chi connectivity index (χ4n) is 1.53. The van der Waals surface area contributed by atoms with E-state index in [1.807, 2.05) is 13.0 Å². The number of nitrogens with one attached hydrogen (secondary N) is 1. The smallest absolute Gasteiger partial charge is 0.267 e. The van der Waals surface area contributed by atoms with E-state index < -0.39 is 0 Å². The van der Waals surface area contributed by atoms with Crippen molar-refractivity contribution in [3.63, 3.8) is 0 Å². The predicted molar refractivity (Wildman–Crippen MR) is 70.7 cm³/mol. The third kappa shape index (κ3) is 2.39. The standard InChI is InChI=1S/C13H11N3OS/c1-8-3-4-10(6-14)5-11(8)16-13(17)12-9(2)15-7-18-12/h3-5,7H,1-2H3,(H,16,17). The van der Waals surface area contributed by atoms with E-state index in [0.29, 0.717) is 21.8 Å². The summed E-state index contributed by atoms with van der Waals surface area (Å²) in [4.78, 5) is 16.7. The average molecular weight is 257 g/mol. The van der Waals surface area contributed by atoms with Crippen molar-refractivity contribution >= 4 is 22.9 Å². The fraction of sp³-hybridized carbons (Fsp3) is 0.154. The number of nitriles is 1. The fourth-order valence-corrected chi connectivity index (χ4v) is 2.22. The van der Waals surface area contributed by atoms with Crippen molar-refractivity contribution < 1.29 is 4.79 Å². The number of carbonyl (C=O) groups excluding carboxylic acids is 1. The van der Waals surface area contributed by atoms with Crippen LogP contribution in [0.15, 0.2) is 23.7 Å². The lowest BCUT2D eigenvalue weighted by Gasteiger charge is -2.07. The molecule has 5 heteroatoms. The van der Waals surface area contributed by atoms with Gasteiger partial charge in [-0.1, -0.05) is 6.07 Å². The Morgan fingerprint density at radius 3 is 2.83 bits per heavy atom. The molecule has 0 aliphatic carbocycles. The second-order valence-electron chi connectivity index (χ2n) is 3.86. The zero-order chi connectivity index (χ0) is 13.1. The lowest BCUT2D eigenvalue weighted by molar-refractivity contribution is 0.102. The van der Waals surface area contributed by atoms with Gasteiger partial charge in [-0.05, 0) is 31.5 Å². The number of hydrogen-bond acceptors (Lipinski definition) is 4. The van der Waals surface area contributed by atoms with Crippen LogP contribution in [0.1, 0.15) is 26.5 Å². The van der Waals surface area contributed by atoms with Crippen molar-refractivity contribution in [1.82, 2.24) is 4.98 Å². The van der Waals surface area contributed by atoms with Gasteiger partial charge in [0, 0.05) is 5.69 Å². The Morgan fingerprint density at radius 2 is 2.22 bits per heavy atom. The third-order valence-electron chi connectivity index (χ3n) is 2.57. The molecule has 0 aliphatic rings. The normalized spacial score (nSPS) is 9.83. The summed E-state index contributed by atoms with van der Waals surface area (Å²) in [6, 6.07) is 7.26. The Labute approximate surface area is 109 Å². The first-order chi connectivity index (χ1) is 8.61. The maximum atomic E-state index is 12.0. The average Bonchev–Trinajstić information content (AvgIpc) is 2.78. The van der Waals surface area contributed by atoms with E-state index in [4.69, 9.17) is 5.26 Å². The summed E-state index contributed by atoms with van der Waals surface area (Å²) < 4.78 is 0. The molecule has 2 rings (SSSR count). The van der Waals surface area contributed by atoms with Gasteiger partial charge >= 0.3 is 0 Å². The Kier molecular flexibility index (Phi) is 3.40. The molecule has 1 heterocycles. The van der Waals surface area contributed by atoms with Crippen molar-refractivity contribution in [2.24, 2.45) is 0 Å². The predicted octanol–water partition coefficient (Wildman–Crippen LogP) is 2.88. The van der Waals surface area contributed by atoms with Gasteiger partial charge in [0.25, 0.3) is 5.91 Å². The van der Waals surface area contributed by atoms with E-state index in [0.717, 1.165) is 5.56 Å². The quantitative estimate of drug-likeness (QED) is 0.899. The van der Waals surface area contributed by atoms with Gasteiger partial charge in [0.1, 0.15) is 4.88 Å². The SMILES string of the molecule is Cc1ccc(C#N)cc1NC(=O)c1scnc1C. The van der Waals surface area contributed by atoms with E-state index >= 15 is 0 Å². The van der Waals surface area contributed by atoms with E-state index in [9.17, 15) is 4.79 Å². The first-order valence-electron chi connectivity index (χ1n) is 5.34. The van der Waals surface area contributed by atoms with Crippen LogP contribution in [0, 0.1) is 25.2 Å². The van der Waals surface area contributed by atoms with Gasteiger partial charge in [0.2, 0.25) is 0 Å². The van der Waals surface area contributed by atoms with Crippen LogP contribution in [0.2, 0.25) is 0 Å². The highest BCUT2D eigenvalue weighted by Gasteiger charge is 2.13. The zero-order valence-corrected chi connectivity index (χ0v) is 10.8. The number of aromatic nitrogens is 1. The van der Waals surface area contributed by atoms with Gasteiger partial charge in [0.05, 0.1) is 22.8 Å². The molecule has 1 aromatic heterocycles.